The smallest absolute Gasteiger partial charge is 0.136 e. The fourth-order valence-electron chi connectivity index (χ4n) is 2.04. The second-order valence-corrected chi connectivity index (χ2v) is 5.38. The van der Waals surface area contributed by atoms with Gasteiger partial charge in [-0.1, -0.05) is 22.0 Å². The molecular formula is C15H19BrN4. The quantitative estimate of drug-likeness (QED) is 0.892. The van der Waals surface area contributed by atoms with Crippen molar-refractivity contribution in [1.82, 2.24) is 9.97 Å². The summed E-state index contributed by atoms with van der Waals surface area (Å²) in [6.07, 6.45) is 0. The number of nitrogens with zero attached hydrogens (tertiary/aromatic N) is 3. The third-order valence-corrected chi connectivity index (χ3v) is 3.50. The van der Waals surface area contributed by atoms with Crippen LogP contribution in [0, 0.1) is 6.92 Å². The average Bonchev–Trinajstić information content (AvgIpc) is 2.39. The molecule has 0 fully saturated rings. The second kappa shape index (κ2) is 6.70. The first-order valence-corrected chi connectivity index (χ1v) is 7.55. The second-order valence-electron chi connectivity index (χ2n) is 4.47. The van der Waals surface area contributed by atoms with Crippen LogP contribution in [0.4, 0.5) is 17.3 Å². The van der Waals surface area contributed by atoms with E-state index in [4.69, 9.17) is 0 Å². The molecule has 0 unspecified atom stereocenters. The topological polar surface area (TPSA) is 41.0 Å². The molecule has 0 spiro atoms. The first-order valence-electron chi connectivity index (χ1n) is 6.75. The van der Waals surface area contributed by atoms with Crippen molar-refractivity contribution in [3.05, 3.63) is 40.6 Å². The van der Waals surface area contributed by atoms with E-state index in [9.17, 15) is 0 Å². The third kappa shape index (κ3) is 3.70. The highest BCUT2D eigenvalue weighted by atomic mass is 79.9. The van der Waals surface area contributed by atoms with E-state index in [2.05, 4.69) is 50.0 Å². The monoisotopic (exact) mass is 334 g/mol. The first kappa shape index (κ1) is 14.8. The zero-order valence-corrected chi connectivity index (χ0v) is 13.6. The lowest BCUT2D eigenvalue weighted by Gasteiger charge is -2.20. The van der Waals surface area contributed by atoms with Gasteiger partial charge in [-0.3, -0.25) is 0 Å². The van der Waals surface area contributed by atoms with E-state index >= 15 is 0 Å². The van der Waals surface area contributed by atoms with Crippen molar-refractivity contribution < 1.29 is 0 Å². The minimum Gasteiger partial charge on any atom is -0.357 e. The molecule has 1 aromatic heterocycles. The Morgan fingerprint density at radius 1 is 1.15 bits per heavy atom. The summed E-state index contributed by atoms with van der Waals surface area (Å²) < 4.78 is 1.04. The molecule has 1 aromatic carbocycles. The largest absolute Gasteiger partial charge is 0.357 e. The summed E-state index contributed by atoms with van der Waals surface area (Å²) in [6.45, 7) is 8.04. The number of hydrogen-bond acceptors (Lipinski definition) is 4. The normalized spacial score (nSPS) is 10.4. The molecule has 0 aliphatic carbocycles. The van der Waals surface area contributed by atoms with E-state index in [1.54, 1.807) is 0 Å². The number of hydrogen-bond donors (Lipinski definition) is 1. The Labute approximate surface area is 128 Å². The van der Waals surface area contributed by atoms with Crippen LogP contribution >= 0.6 is 15.9 Å². The number of halogens is 1. The maximum atomic E-state index is 4.50. The van der Waals surface area contributed by atoms with Gasteiger partial charge in [0.15, 0.2) is 0 Å². The van der Waals surface area contributed by atoms with Crippen molar-refractivity contribution in [1.29, 1.82) is 0 Å². The number of aromatic nitrogens is 2. The summed E-state index contributed by atoms with van der Waals surface area (Å²) in [5.74, 6) is 2.55. The molecule has 0 bridgehead atoms. The number of benzene rings is 1. The van der Waals surface area contributed by atoms with E-state index in [0.29, 0.717) is 0 Å². The van der Waals surface area contributed by atoms with Crippen LogP contribution in [0.3, 0.4) is 0 Å². The van der Waals surface area contributed by atoms with Crippen molar-refractivity contribution in [2.75, 3.05) is 23.3 Å². The van der Waals surface area contributed by atoms with Gasteiger partial charge in [-0.15, -0.1) is 0 Å². The molecule has 2 aromatic rings. The summed E-state index contributed by atoms with van der Waals surface area (Å²) in [7, 11) is 0. The molecule has 5 heteroatoms. The molecule has 0 aliphatic rings. The van der Waals surface area contributed by atoms with Gasteiger partial charge in [-0.05, 0) is 39.0 Å². The van der Waals surface area contributed by atoms with Crippen LogP contribution in [0.5, 0.6) is 0 Å². The van der Waals surface area contributed by atoms with Crippen LogP contribution in [0.15, 0.2) is 34.8 Å². The van der Waals surface area contributed by atoms with Crippen LogP contribution in [0.2, 0.25) is 0 Å². The van der Waals surface area contributed by atoms with E-state index in [-0.39, 0.29) is 0 Å². The Morgan fingerprint density at radius 3 is 2.55 bits per heavy atom. The zero-order valence-electron chi connectivity index (χ0n) is 12.0. The predicted octanol–water partition coefficient (Wildman–Crippen LogP) is 4.14. The van der Waals surface area contributed by atoms with E-state index in [0.717, 1.165) is 40.7 Å². The maximum absolute atomic E-state index is 4.50. The van der Waals surface area contributed by atoms with Gasteiger partial charge in [0, 0.05) is 29.3 Å². The lowest BCUT2D eigenvalue weighted by atomic mass is 10.3. The first-order chi connectivity index (χ1) is 9.62. The van der Waals surface area contributed by atoms with Crippen LogP contribution < -0.4 is 10.2 Å². The Balaban J connectivity index is 2.28. The molecule has 1 heterocycles. The van der Waals surface area contributed by atoms with Crippen LogP contribution in [-0.2, 0) is 0 Å². The van der Waals surface area contributed by atoms with Gasteiger partial charge in [-0.25, -0.2) is 9.97 Å². The molecule has 20 heavy (non-hydrogen) atoms. The standard InChI is InChI=1S/C15H19BrN4/c1-4-20(5-2)15-10-14(17-11(3)18-15)19-13-8-6-7-12(16)9-13/h6-10H,4-5H2,1-3H3,(H,17,18,19). The van der Waals surface area contributed by atoms with E-state index in [1.165, 1.54) is 0 Å². The predicted molar refractivity (Wildman–Crippen MR) is 87.8 cm³/mol. The highest BCUT2D eigenvalue weighted by molar-refractivity contribution is 9.10. The molecule has 0 amide bonds. The van der Waals surface area contributed by atoms with Crippen LogP contribution in [0.1, 0.15) is 19.7 Å². The highest BCUT2D eigenvalue weighted by Gasteiger charge is 2.07. The number of aryl methyl sites for hydroxylation is 1. The fraction of sp³-hybridized carbons (Fsp3) is 0.333. The number of rotatable bonds is 5. The Kier molecular flexibility index (Phi) is 4.95. The third-order valence-electron chi connectivity index (χ3n) is 3.01. The maximum Gasteiger partial charge on any atom is 0.136 e. The van der Waals surface area contributed by atoms with Gasteiger partial charge in [-0.2, -0.15) is 0 Å². The molecule has 1 N–H and O–H groups in total. The van der Waals surface area contributed by atoms with Crippen molar-refractivity contribution in [3.63, 3.8) is 0 Å². The van der Waals surface area contributed by atoms with Crippen molar-refractivity contribution in [2.45, 2.75) is 20.8 Å². The molecule has 4 nitrogen and oxygen atoms in total. The molecular weight excluding hydrogens is 316 g/mol. The SMILES string of the molecule is CCN(CC)c1cc(Nc2cccc(Br)c2)nc(C)n1. The Morgan fingerprint density at radius 2 is 1.90 bits per heavy atom. The van der Waals surface area contributed by atoms with Crippen molar-refractivity contribution >= 4 is 33.3 Å². The summed E-state index contributed by atoms with van der Waals surface area (Å²) in [5.41, 5.74) is 1.00. The van der Waals surface area contributed by atoms with Crippen LogP contribution in [0.25, 0.3) is 0 Å². The Bertz CT molecular complexity index is 582. The van der Waals surface area contributed by atoms with Gasteiger partial charge in [0.05, 0.1) is 0 Å². The molecule has 106 valence electrons. The van der Waals surface area contributed by atoms with Gasteiger partial charge >= 0.3 is 0 Å². The van der Waals surface area contributed by atoms with Gasteiger partial charge in [0.2, 0.25) is 0 Å². The van der Waals surface area contributed by atoms with E-state index in [1.807, 2.05) is 37.3 Å². The van der Waals surface area contributed by atoms with Gasteiger partial charge in [0.25, 0.3) is 0 Å². The lowest BCUT2D eigenvalue weighted by Crippen LogP contribution is -2.23. The molecule has 2 rings (SSSR count). The molecule has 0 saturated heterocycles. The number of nitrogens with one attached hydrogen (secondary N) is 1. The van der Waals surface area contributed by atoms with Gasteiger partial charge < -0.3 is 10.2 Å². The summed E-state index contributed by atoms with van der Waals surface area (Å²) in [4.78, 5) is 11.2. The minimum absolute atomic E-state index is 0.770. The van der Waals surface area contributed by atoms with Gasteiger partial charge in [0.1, 0.15) is 17.5 Å². The molecule has 0 radical (unpaired) electrons. The minimum atomic E-state index is 0.770. The molecule has 0 aliphatic heterocycles. The summed E-state index contributed by atoms with van der Waals surface area (Å²) in [5, 5.41) is 3.32. The molecule has 0 saturated carbocycles. The zero-order chi connectivity index (χ0) is 14.5. The van der Waals surface area contributed by atoms with Crippen molar-refractivity contribution in [3.8, 4) is 0 Å². The Hall–Kier alpha value is -1.62. The number of anilines is 3. The fourth-order valence-corrected chi connectivity index (χ4v) is 2.44. The lowest BCUT2D eigenvalue weighted by molar-refractivity contribution is 0.835. The summed E-state index contributed by atoms with van der Waals surface area (Å²) in [6, 6.07) is 10.0. The highest BCUT2D eigenvalue weighted by Crippen LogP contribution is 2.22. The van der Waals surface area contributed by atoms with Crippen molar-refractivity contribution in [2.24, 2.45) is 0 Å². The summed E-state index contributed by atoms with van der Waals surface area (Å²) >= 11 is 3.47. The van der Waals surface area contributed by atoms with E-state index < -0.39 is 0 Å². The molecule has 0 atom stereocenters. The average molecular weight is 335 g/mol. The van der Waals surface area contributed by atoms with Crippen LogP contribution in [-0.4, -0.2) is 23.1 Å².